The molecule has 0 aliphatic carbocycles. The van der Waals surface area contributed by atoms with Crippen LogP contribution in [0.5, 0.6) is 0 Å². The third-order valence-electron chi connectivity index (χ3n) is 5.67. The third kappa shape index (κ3) is 5.19. The van der Waals surface area contributed by atoms with Crippen LogP contribution in [0.2, 0.25) is 0 Å². The van der Waals surface area contributed by atoms with Crippen molar-refractivity contribution < 1.29 is 13.2 Å². The molecule has 0 aromatic heterocycles. The number of amides is 1. The second kappa shape index (κ2) is 9.57. The number of carbonyl (C=O) groups excluding carboxylic acids is 1. The molecule has 0 heterocycles. The van der Waals surface area contributed by atoms with Crippen LogP contribution in [0.1, 0.15) is 40.8 Å². The summed E-state index contributed by atoms with van der Waals surface area (Å²) in [6.07, 6.45) is 0. The minimum atomic E-state index is -3.91. The van der Waals surface area contributed by atoms with E-state index in [0.29, 0.717) is 5.69 Å². The molecule has 0 spiro atoms. The number of benzene rings is 3. The molecule has 1 atom stereocenters. The van der Waals surface area contributed by atoms with Gasteiger partial charge in [0.2, 0.25) is 5.91 Å². The van der Waals surface area contributed by atoms with Crippen molar-refractivity contribution in [1.29, 1.82) is 0 Å². The van der Waals surface area contributed by atoms with Gasteiger partial charge >= 0.3 is 0 Å². The molecule has 0 saturated heterocycles. The van der Waals surface area contributed by atoms with Crippen LogP contribution in [-0.2, 0) is 14.8 Å². The molecule has 0 fully saturated rings. The fourth-order valence-corrected chi connectivity index (χ4v) is 5.11. The van der Waals surface area contributed by atoms with Crippen LogP contribution in [0.25, 0.3) is 0 Å². The summed E-state index contributed by atoms with van der Waals surface area (Å²) in [6, 6.07) is 19.3. The van der Waals surface area contributed by atoms with E-state index in [1.165, 1.54) is 5.56 Å². The lowest BCUT2D eigenvalue weighted by molar-refractivity contribution is -0.120. The van der Waals surface area contributed by atoms with Crippen molar-refractivity contribution in [3.63, 3.8) is 0 Å². The number of sulfonamides is 1. The first-order valence-corrected chi connectivity index (χ1v) is 12.0. The zero-order valence-corrected chi connectivity index (χ0v) is 20.0. The number of hydrogen-bond donors (Lipinski definition) is 1. The van der Waals surface area contributed by atoms with Crippen LogP contribution in [0.3, 0.4) is 0 Å². The van der Waals surface area contributed by atoms with E-state index < -0.39 is 10.0 Å². The Kier molecular flexibility index (Phi) is 7.04. The molecule has 0 saturated carbocycles. The molecule has 5 nitrogen and oxygen atoms in total. The van der Waals surface area contributed by atoms with Crippen molar-refractivity contribution in [2.75, 3.05) is 10.8 Å². The maximum atomic E-state index is 13.4. The molecule has 32 heavy (non-hydrogen) atoms. The third-order valence-corrected chi connectivity index (χ3v) is 7.45. The Bertz CT molecular complexity index is 1200. The highest BCUT2D eigenvalue weighted by molar-refractivity contribution is 7.92. The Morgan fingerprint density at radius 2 is 1.47 bits per heavy atom. The molecular formula is C26H30N2O3S. The van der Waals surface area contributed by atoms with Crippen LogP contribution in [0.4, 0.5) is 5.69 Å². The lowest BCUT2D eigenvalue weighted by Gasteiger charge is -2.25. The van der Waals surface area contributed by atoms with Gasteiger partial charge < -0.3 is 5.32 Å². The molecule has 0 bridgehead atoms. The summed E-state index contributed by atoms with van der Waals surface area (Å²) in [4.78, 5) is 13.1. The Morgan fingerprint density at radius 3 is 2.09 bits per heavy atom. The minimum absolute atomic E-state index is 0.151. The molecule has 3 aromatic rings. The van der Waals surface area contributed by atoms with Gasteiger partial charge in [-0.3, -0.25) is 9.10 Å². The number of para-hydroxylation sites is 1. The largest absolute Gasteiger partial charge is 0.348 e. The van der Waals surface area contributed by atoms with Crippen molar-refractivity contribution in [2.24, 2.45) is 0 Å². The minimum Gasteiger partial charge on any atom is -0.348 e. The van der Waals surface area contributed by atoms with E-state index in [4.69, 9.17) is 0 Å². The molecule has 1 N–H and O–H groups in total. The monoisotopic (exact) mass is 450 g/mol. The predicted octanol–water partition coefficient (Wildman–Crippen LogP) is 4.99. The van der Waals surface area contributed by atoms with Crippen LogP contribution in [0, 0.1) is 27.7 Å². The van der Waals surface area contributed by atoms with Crippen LogP contribution < -0.4 is 9.62 Å². The molecule has 3 aromatic carbocycles. The maximum absolute atomic E-state index is 13.4. The lowest BCUT2D eigenvalue weighted by Crippen LogP contribution is -2.41. The maximum Gasteiger partial charge on any atom is 0.264 e. The highest BCUT2D eigenvalue weighted by Crippen LogP contribution is 2.25. The Labute approximate surface area is 191 Å². The van der Waals surface area contributed by atoms with E-state index in [0.717, 1.165) is 26.6 Å². The van der Waals surface area contributed by atoms with Crippen LogP contribution >= 0.6 is 0 Å². The number of carbonyl (C=O) groups is 1. The fraction of sp³-hybridized carbons (Fsp3) is 0.269. The molecule has 0 aliphatic rings. The Morgan fingerprint density at radius 1 is 0.875 bits per heavy atom. The van der Waals surface area contributed by atoms with Crippen molar-refractivity contribution in [1.82, 2.24) is 5.32 Å². The van der Waals surface area contributed by atoms with Crippen LogP contribution in [-0.4, -0.2) is 20.9 Å². The van der Waals surface area contributed by atoms with E-state index in [1.54, 1.807) is 48.5 Å². The van der Waals surface area contributed by atoms with E-state index in [1.807, 2.05) is 33.8 Å². The topological polar surface area (TPSA) is 66.5 Å². The van der Waals surface area contributed by atoms with Gasteiger partial charge in [0.25, 0.3) is 10.0 Å². The molecular weight excluding hydrogens is 420 g/mol. The van der Waals surface area contributed by atoms with Crippen LogP contribution in [0.15, 0.2) is 71.6 Å². The van der Waals surface area contributed by atoms with Gasteiger partial charge in [0.05, 0.1) is 16.6 Å². The number of nitrogens with zero attached hydrogens (tertiary/aromatic N) is 1. The number of rotatable bonds is 7. The quantitative estimate of drug-likeness (QED) is 0.551. The van der Waals surface area contributed by atoms with Gasteiger partial charge in [-0.1, -0.05) is 48.0 Å². The van der Waals surface area contributed by atoms with E-state index in [9.17, 15) is 13.2 Å². The SMILES string of the molecule is Cc1ccc(S(=O)(=O)N(CC(=O)N[C@@H](C)c2cc(C)c(C)cc2C)c2ccccc2)cc1. The zero-order chi connectivity index (χ0) is 23.5. The normalized spacial score (nSPS) is 12.3. The summed E-state index contributed by atoms with van der Waals surface area (Å²) in [6.45, 7) is 9.61. The summed E-state index contributed by atoms with van der Waals surface area (Å²) in [5.74, 6) is -0.366. The second-order valence-electron chi connectivity index (χ2n) is 8.24. The molecule has 0 unspecified atom stereocenters. The highest BCUT2D eigenvalue weighted by Gasteiger charge is 2.27. The van der Waals surface area contributed by atoms with Crippen molar-refractivity contribution in [2.45, 2.75) is 45.6 Å². The van der Waals surface area contributed by atoms with Gasteiger partial charge in [0, 0.05) is 0 Å². The Balaban J connectivity index is 1.88. The van der Waals surface area contributed by atoms with E-state index in [-0.39, 0.29) is 23.4 Å². The average molecular weight is 451 g/mol. The van der Waals surface area contributed by atoms with Crippen molar-refractivity contribution >= 4 is 21.6 Å². The molecule has 6 heteroatoms. The standard InChI is InChI=1S/C26H30N2O3S/c1-18-11-13-24(14-12-18)32(30,31)28(23-9-7-6-8-10-23)17-26(29)27-22(5)25-16-20(3)19(2)15-21(25)4/h6-16,22H,17H2,1-5H3,(H,27,29)/t22-/m0/s1. The zero-order valence-electron chi connectivity index (χ0n) is 19.2. The number of aryl methyl sites for hydroxylation is 4. The molecule has 0 aliphatic heterocycles. The van der Waals surface area contributed by atoms with Gasteiger partial charge in [-0.2, -0.15) is 0 Å². The van der Waals surface area contributed by atoms with Crippen molar-refractivity contribution in [3.05, 3.63) is 94.5 Å². The molecule has 168 valence electrons. The number of hydrogen-bond acceptors (Lipinski definition) is 3. The average Bonchev–Trinajstić information content (AvgIpc) is 2.75. The summed E-state index contributed by atoms with van der Waals surface area (Å²) in [5.41, 5.74) is 5.87. The van der Waals surface area contributed by atoms with Gasteiger partial charge in [-0.05, 0) is 81.1 Å². The van der Waals surface area contributed by atoms with Gasteiger partial charge in [0.1, 0.15) is 6.54 Å². The lowest BCUT2D eigenvalue weighted by atomic mass is 9.96. The summed E-state index contributed by atoms with van der Waals surface area (Å²) in [5, 5.41) is 2.97. The number of anilines is 1. The van der Waals surface area contributed by atoms with Gasteiger partial charge in [0.15, 0.2) is 0 Å². The van der Waals surface area contributed by atoms with Gasteiger partial charge in [-0.15, -0.1) is 0 Å². The highest BCUT2D eigenvalue weighted by atomic mass is 32.2. The van der Waals surface area contributed by atoms with E-state index in [2.05, 4.69) is 24.4 Å². The predicted molar refractivity (Wildman–Crippen MR) is 129 cm³/mol. The summed E-state index contributed by atoms with van der Waals surface area (Å²) >= 11 is 0. The molecule has 1 amide bonds. The fourth-order valence-electron chi connectivity index (χ4n) is 3.69. The summed E-state index contributed by atoms with van der Waals surface area (Å²) in [7, 11) is -3.91. The summed E-state index contributed by atoms with van der Waals surface area (Å²) < 4.78 is 28.0. The molecule has 0 radical (unpaired) electrons. The van der Waals surface area contributed by atoms with Crippen molar-refractivity contribution in [3.8, 4) is 0 Å². The van der Waals surface area contributed by atoms with E-state index >= 15 is 0 Å². The number of nitrogens with one attached hydrogen (secondary N) is 1. The molecule has 3 rings (SSSR count). The first-order chi connectivity index (χ1) is 15.1. The first-order valence-electron chi connectivity index (χ1n) is 10.6. The second-order valence-corrected chi connectivity index (χ2v) is 10.1. The Hall–Kier alpha value is -3.12. The van der Waals surface area contributed by atoms with Gasteiger partial charge in [-0.25, -0.2) is 8.42 Å². The first kappa shape index (κ1) is 23.5. The smallest absolute Gasteiger partial charge is 0.264 e.